The van der Waals surface area contributed by atoms with E-state index in [1.165, 1.54) is 0 Å². The summed E-state index contributed by atoms with van der Waals surface area (Å²) in [5.74, 6) is 0.236. The van der Waals surface area contributed by atoms with Gasteiger partial charge in [-0.1, -0.05) is 42.5 Å². The SMILES string of the molecule is COc1ccc(C[C@@H]2N[C@@H](C(=O)NCc3ccccc3)COC2=O)cc1. The van der Waals surface area contributed by atoms with Gasteiger partial charge in [-0.05, 0) is 29.7 Å². The molecule has 6 heteroatoms. The lowest BCUT2D eigenvalue weighted by molar-refractivity contribution is -0.153. The number of morpholine rings is 1. The van der Waals surface area contributed by atoms with Gasteiger partial charge in [0.1, 0.15) is 24.4 Å². The van der Waals surface area contributed by atoms with Gasteiger partial charge >= 0.3 is 5.97 Å². The maximum Gasteiger partial charge on any atom is 0.323 e. The number of methoxy groups -OCH3 is 1. The van der Waals surface area contributed by atoms with Crippen LogP contribution in [0.25, 0.3) is 0 Å². The summed E-state index contributed by atoms with van der Waals surface area (Å²) in [6.07, 6.45) is 0.450. The first kappa shape index (κ1) is 17.9. The molecule has 1 fully saturated rings. The number of benzene rings is 2. The first-order chi connectivity index (χ1) is 12.7. The second kappa shape index (κ2) is 8.49. The molecule has 136 valence electrons. The molecule has 1 aliphatic rings. The third kappa shape index (κ3) is 4.61. The third-order valence-corrected chi connectivity index (χ3v) is 4.30. The molecule has 3 rings (SSSR count). The smallest absolute Gasteiger partial charge is 0.323 e. The van der Waals surface area contributed by atoms with Gasteiger partial charge < -0.3 is 14.8 Å². The second-order valence-corrected chi connectivity index (χ2v) is 6.16. The monoisotopic (exact) mass is 354 g/mol. The van der Waals surface area contributed by atoms with Crippen LogP contribution in [0.3, 0.4) is 0 Å². The van der Waals surface area contributed by atoms with E-state index in [4.69, 9.17) is 9.47 Å². The summed E-state index contributed by atoms with van der Waals surface area (Å²) in [7, 11) is 1.60. The zero-order chi connectivity index (χ0) is 18.4. The summed E-state index contributed by atoms with van der Waals surface area (Å²) in [5.41, 5.74) is 1.98. The predicted molar refractivity (Wildman–Crippen MR) is 96.7 cm³/mol. The number of cyclic esters (lactones) is 1. The third-order valence-electron chi connectivity index (χ3n) is 4.30. The first-order valence-electron chi connectivity index (χ1n) is 8.53. The second-order valence-electron chi connectivity index (χ2n) is 6.16. The minimum absolute atomic E-state index is 0.0402. The van der Waals surface area contributed by atoms with Crippen LogP contribution < -0.4 is 15.4 Å². The maximum atomic E-state index is 12.4. The van der Waals surface area contributed by atoms with Crippen molar-refractivity contribution in [3.63, 3.8) is 0 Å². The number of hydrogen-bond acceptors (Lipinski definition) is 5. The van der Waals surface area contributed by atoms with Crippen LogP contribution in [0.5, 0.6) is 5.75 Å². The summed E-state index contributed by atoms with van der Waals surface area (Å²) in [5, 5.41) is 5.97. The number of carbonyl (C=O) groups excluding carboxylic acids is 2. The van der Waals surface area contributed by atoms with Crippen LogP contribution in [0.4, 0.5) is 0 Å². The van der Waals surface area contributed by atoms with E-state index in [1.807, 2.05) is 54.6 Å². The normalized spacial score (nSPS) is 19.5. The van der Waals surface area contributed by atoms with E-state index in [0.717, 1.165) is 16.9 Å². The molecule has 2 N–H and O–H groups in total. The van der Waals surface area contributed by atoms with Crippen molar-refractivity contribution in [3.05, 3.63) is 65.7 Å². The van der Waals surface area contributed by atoms with Crippen molar-refractivity contribution in [1.82, 2.24) is 10.6 Å². The Morgan fingerprint density at radius 1 is 1.15 bits per heavy atom. The molecule has 0 radical (unpaired) electrons. The molecule has 1 aliphatic heterocycles. The average Bonchev–Trinajstić information content (AvgIpc) is 2.69. The quantitative estimate of drug-likeness (QED) is 0.768. The van der Waals surface area contributed by atoms with Crippen molar-refractivity contribution in [2.45, 2.75) is 25.0 Å². The fraction of sp³-hybridized carbons (Fsp3) is 0.300. The molecule has 0 aromatic heterocycles. The molecule has 26 heavy (non-hydrogen) atoms. The maximum absolute atomic E-state index is 12.4. The Hall–Kier alpha value is -2.86. The highest BCUT2D eigenvalue weighted by atomic mass is 16.5. The summed E-state index contributed by atoms with van der Waals surface area (Å²) in [6, 6.07) is 16.0. The van der Waals surface area contributed by atoms with Crippen molar-refractivity contribution in [1.29, 1.82) is 0 Å². The van der Waals surface area contributed by atoms with E-state index >= 15 is 0 Å². The average molecular weight is 354 g/mol. The van der Waals surface area contributed by atoms with Crippen molar-refractivity contribution in [3.8, 4) is 5.75 Å². The Morgan fingerprint density at radius 3 is 2.58 bits per heavy atom. The minimum Gasteiger partial charge on any atom is -0.497 e. The number of nitrogens with one attached hydrogen (secondary N) is 2. The molecule has 6 nitrogen and oxygen atoms in total. The number of hydrogen-bond donors (Lipinski definition) is 2. The molecule has 0 saturated carbocycles. The largest absolute Gasteiger partial charge is 0.497 e. The van der Waals surface area contributed by atoms with Gasteiger partial charge in [0.2, 0.25) is 5.91 Å². The molecule has 1 saturated heterocycles. The van der Waals surface area contributed by atoms with Crippen LogP contribution >= 0.6 is 0 Å². The number of rotatable bonds is 6. The molecule has 2 aromatic rings. The number of amides is 1. The van der Waals surface area contributed by atoms with E-state index in [-0.39, 0.29) is 18.5 Å². The lowest BCUT2D eigenvalue weighted by Gasteiger charge is -2.29. The fourth-order valence-corrected chi connectivity index (χ4v) is 2.82. The highest BCUT2D eigenvalue weighted by Gasteiger charge is 2.33. The van der Waals surface area contributed by atoms with Crippen LogP contribution in [0.15, 0.2) is 54.6 Å². The van der Waals surface area contributed by atoms with Gasteiger partial charge in [-0.25, -0.2) is 0 Å². The van der Waals surface area contributed by atoms with E-state index in [2.05, 4.69) is 10.6 Å². The number of esters is 1. The van der Waals surface area contributed by atoms with Crippen LogP contribution in [0, 0.1) is 0 Å². The molecule has 0 aliphatic carbocycles. The molecule has 0 bridgehead atoms. The highest BCUT2D eigenvalue weighted by molar-refractivity contribution is 5.85. The summed E-state index contributed by atoms with van der Waals surface area (Å²) >= 11 is 0. The molecule has 0 spiro atoms. The van der Waals surface area contributed by atoms with Crippen LogP contribution in [-0.2, 0) is 27.3 Å². The molecule has 1 amide bonds. The summed E-state index contributed by atoms with van der Waals surface area (Å²) in [4.78, 5) is 24.4. The fourth-order valence-electron chi connectivity index (χ4n) is 2.82. The van der Waals surface area contributed by atoms with Gasteiger partial charge in [0.25, 0.3) is 0 Å². The highest BCUT2D eigenvalue weighted by Crippen LogP contribution is 2.14. The zero-order valence-electron chi connectivity index (χ0n) is 14.6. The van der Waals surface area contributed by atoms with Gasteiger partial charge in [-0.3, -0.25) is 14.9 Å². The Labute approximate surface area is 152 Å². The minimum atomic E-state index is -0.556. The number of ether oxygens (including phenoxy) is 2. The van der Waals surface area contributed by atoms with Gasteiger partial charge in [0.15, 0.2) is 0 Å². The van der Waals surface area contributed by atoms with E-state index in [0.29, 0.717) is 13.0 Å². The molecule has 1 heterocycles. The van der Waals surface area contributed by atoms with Crippen molar-refractivity contribution >= 4 is 11.9 Å². The summed E-state index contributed by atoms with van der Waals surface area (Å²) < 4.78 is 10.3. The summed E-state index contributed by atoms with van der Waals surface area (Å²) in [6.45, 7) is 0.480. The Kier molecular flexibility index (Phi) is 5.86. The standard InChI is InChI=1S/C20H22N2O4/c1-25-16-9-7-14(8-10-16)11-17-20(24)26-13-18(22-17)19(23)21-12-15-5-3-2-4-6-15/h2-10,17-18,22H,11-13H2,1H3,(H,21,23)/t17-,18+/m0/s1. The predicted octanol–water partition coefficient (Wildman–Crippen LogP) is 1.44. The van der Waals surface area contributed by atoms with E-state index < -0.39 is 12.1 Å². The molecule has 2 aromatic carbocycles. The van der Waals surface area contributed by atoms with Crippen molar-refractivity contribution in [2.75, 3.05) is 13.7 Å². The first-order valence-corrected chi connectivity index (χ1v) is 8.53. The van der Waals surface area contributed by atoms with Gasteiger partial charge in [-0.15, -0.1) is 0 Å². The van der Waals surface area contributed by atoms with Gasteiger partial charge in [-0.2, -0.15) is 0 Å². The van der Waals surface area contributed by atoms with Gasteiger partial charge in [0.05, 0.1) is 7.11 Å². The Balaban J connectivity index is 1.56. The lowest BCUT2D eigenvalue weighted by Crippen LogP contribution is -2.58. The van der Waals surface area contributed by atoms with Crippen LogP contribution in [0.2, 0.25) is 0 Å². The Bertz CT molecular complexity index is 746. The van der Waals surface area contributed by atoms with Crippen LogP contribution in [-0.4, -0.2) is 37.7 Å². The molecule has 0 unspecified atom stereocenters. The topological polar surface area (TPSA) is 76.7 Å². The molecule has 2 atom stereocenters. The van der Waals surface area contributed by atoms with E-state index in [1.54, 1.807) is 7.11 Å². The van der Waals surface area contributed by atoms with Crippen molar-refractivity contribution in [2.24, 2.45) is 0 Å². The molecular formula is C20H22N2O4. The van der Waals surface area contributed by atoms with Crippen LogP contribution in [0.1, 0.15) is 11.1 Å². The zero-order valence-corrected chi connectivity index (χ0v) is 14.6. The molecular weight excluding hydrogens is 332 g/mol. The lowest BCUT2D eigenvalue weighted by atomic mass is 10.0. The van der Waals surface area contributed by atoms with Crippen molar-refractivity contribution < 1.29 is 19.1 Å². The van der Waals surface area contributed by atoms with Gasteiger partial charge in [0, 0.05) is 6.54 Å². The van der Waals surface area contributed by atoms with E-state index in [9.17, 15) is 9.59 Å². The Morgan fingerprint density at radius 2 is 1.88 bits per heavy atom. The number of carbonyl (C=O) groups is 2.